The van der Waals surface area contributed by atoms with E-state index in [2.05, 4.69) is 85.3 Å². The van der Waals surface area contributed by atoms with Crippen molar-refractivity contribution < 1.29 is 119 Å². The molecule has 0 radical (unpaired) electrons. The molecule has 7 N–H and O–H groups in total. The fraction of sp³-hybridized carbons (Fsp3) is 0.623. The first-order valence-electron chi connectivity index (χ1n) is 49.5. The van der Waals surface area contributed by atoms with Crippen LogP contribution in [0.1, 0.15) is 200 Å². The number of benzene rings is 5. The maximum absolute atomic E-state index is 13.9. The van der Waals surface area contributed by atoms with Crippen LogP contribution in [-0.4, -0.2) is 275 Å². The number of nitrogens with one attached hydrogen (secondary N) is 5. The third kappa shape index (κ3) is 38.1. The summed E-state index contributed by atoms with van der Waals surface area (Å²) in [5, 5.41) is 55.5. The highest BCUT2D eigenvalue weighted by atomic mass is 19.4. The molecule has 0 saturated heterocycles. The molecule has 5 amide bonds. The van der Waals surface area contributed by atoms with Gasteiger partial charge in [0.25, 0.3) is 11.8 Å². The summed E-state index contributed by atoms with van der Waals surface area (Å²) in [6, 6.07) is 18.7. The van der Waals surface area contributed by atoms with Crippen molar-refractivity contribution in [2.45, 2.75) is 264 Å². The third-order valence-electron chi connectivity index (χ3n) is 26.6. The van der Waals surface area contributed by atoms with E-state index in [9.17, 15) is 66.5 Å². The molecule has 2 aliphatic rings. The Labute approximate surface area is 829 Å². The second-order valence-electron chi connectivity index (χ2n) is 38.0. The molecule has 141 heavy (non-hydrogen) atoms. The number of methoxy groups -OCH3 is 3. The topological polar surface area (TPSA) is 399 Å². The number of halogens is 3. The Morgan fingerprint density at radius 2 is 1.33 bits per heavy atom. The van der Waals surface area contributed by atoms with Crippen LogP contribution in [0.25, 0.3) is 32.3 Å². The monoisotopic (exact) mass is 1980 g/mol. The van der Waals surface area contributed by atoms with Gasteiger partial charge in [0.2, 0.25) is 17.7 Å². The number of esters is 4. The summed E-state index contributed by atoms with van der Waals surface area (Å²) in [7, 11) is 11.8. The Morgan fingerprint density at radius 3 is 1.96 bits per heavy atom. The summed E-state index contributed by atoms with van der Waals surface area (Å²) in [5.41, 5.74) is 0.0311. The van der Waals surface area contributed by atoms with E-state index in [0.717, 1.165) is 74.1 Å². The van der Waals surface area contributed by atoms with E-state index in [1.807, 2.05) is 78.8 Å². The Hall–Kier alpha value is -10.2. The van der Waals surface area contributed by atoms with Gasteiger partial charge >= 0.3 is 35.7 Å². The fourth-order valence-electron chi connectivity index (χ4n) is 17.4. The van der Waals surface area contributed by atoms with Crippen molar-refractivity contribution in [3.05, 3.63) is 138 Å². The summed E-state index contributed by atoms with van der Waals surface area (Å²) in [6.45, 7) is 22.1. The highest BCUT2D eigenvalue weighted by molar-refractivity contribution is 6.26. The molecule has 5 aromatic rings. The zero-order chi connectivity index (χ0) is 103. The van der Waals surface area contributed by atoms with Gasteiger partial charge in [0.05, 0.1) is 57.5 Å². The van der Waals surface area contributed by atoms with E-state index in [-0.39, 0.29) is 119 Å². The minimum atomic E-state index is -4.78. The number of aryl methyl sites for hydroxylation is 1. The zero-order valence-electron chi connectivity index (χ0n) is 85.7. The quantitative estimate of drug-likeness (QED) is 0.00361. The smallest absolute Gasteiger partial charge is 0.442 e. The number of hydrogen-bond donors (Lipinski definition) is 7. The number of nitrogens with zero attached hydrogens (tertiary/aromatic N) is 5. The number of unbranched alkanes of at least 4 members (excludes halogenated alkanes) is 1. The minimum absolute atomic E-state index is 0.0101. The van der Waals surface area contributed by atoms with Crippen molar-refractivity contribution in [2.75, 3.05) is 127 Å². The molecule has 7 rings (SSSR count). The van der Waals surface area contributed by atoms with E-state index < -0.39 is 144 Å². The van der Waals surface area contributed by atoms with Gasteiger partial charge in [-0.05, 0) is 212 Å². The van der Waals surface area contributed by atoms with Gasteiger partial charge in [-0.1, -0.05) is 145 Å². The van der Waals surface area contributed by atoms with Gasteiger partial charge in [0, 0.05) is 140 Å². The number of hydrogen-bond acceptors (Lipinski definition) is 27. The molecule has 0 bridgehead atoms. The number of rotatable bonds is 53. The predicted octanol–water partition coefficient (Wildman–Crippen LogP) is 14.7. The highest BCUT2D eigenvalue weighted by Gasteiger charge is 2.65. The molecule has 2 heterocycles. The molecule has 0 saturated carbocycles. The van der Waals surface area contributed by atoms with Crippen molar-refractivity contribution in [3.8, 4) is 0 Å². The number of likely N-dealkylation sites (N-methyl/N-ethyl adjacent to an activating group) is 2. The molecule has 32 nitrogen and oxygen atoms in total. The molecular formula is C106H155F3N10O22. The number of carbonyl (C=O) groups is 9. The third-order valence-corrected chi connectivity index (χ3v) is 26.6. The number of alkyl halides is 3. The van der Waals surface area contributed by atoms with Crippen molar-refractivity contribution >= 4 is 97.6 Å². The van der Waals surface area contributed by atoms with Crippen LogP contribution in [0.2, 0.25) is 0 Å². The highest BCUT2D eigenvalue weighted by Crippen LogP contribution is 2.52. The van der Waals surface area contributed by atoms with E-state index in [1.165, 1.54) is 51.5 Å². The number of amides is 5. The van der Waals surface area contributed by atoms with Gasteiger partial charge in [0.15, 0.2) is 6.61 Å². The second kappa shape index (κ2) is 60.4. The molecule has 0 spiro atoms. The number of aliphatic hydroxyl groups is 2. The first-order valence-corrected chi connectivity index (χ1v) is 49.5. The second-order valence-corrected chi connectivity index (χ2v) is 38.0. The fourth-order valence-corrected chi connectivity index (χ4v) is 17.4. The number of oxime groups is 1. The van der Waals surface area contributed by atoms with E-state index in [1.54, 1.807) is 71.3 Å². The maximum Gasteiger partial charge on any atom is 0.442 e. The van der Waals surface area contributed by atoms with Crippen molar-refractivity contribution in [1.29, 1.82) is 0 Å². The molecular weight excluding hydrogens is 1820 g/mol. The molecule has 35 heteroatoms. The first-order chi connectivity index (χ1) is 67.2. The largest absolute Gasteiger partial charge is 0.462 e. The SMILES string of the molecule is COC[C@@H](C(=O)OC1C/C=C/C=C/C(=O)O[C@H]([C@@H](C)[C@@H](O)[C@@H](C)CC[C@@H](OC(=O)[C@H](C)N(C)C)[C@H](C)[C@H](OC(C)=O)[C@H](C)C/C=N/OCC(=O)NCCCC[C@H](NC(=O)c2ccc(C3(C(F)(F)F)N=N3)cc2)C(=O)NCCCOCCOCCOCCCNC(=O)CCCc2ccc3ccc4c(NC(C)=O)ccc5ccc2c3c54)C/C=C/[C@H](OC)C[C@H](C)C/C=C(\C)[C@@H](OC)CC[C@@H](C)[C@@H](O)[C@@H]1C)N(C)C. The van der Waals surface area contributed by atoms with Crippen LogP contribution in [0.5, 0.6) is 0 Å². The lowest BCUT2D eigenvalue weighted by Crippen LogP contribution is -2.47. The first kappa shape index (κ1) is 118. The van der Waals surface area contributed by atoms with Crippen LogP contribution in [0.3, 0.4) is 0 Å². The summed E-state index contributed by atoms with van der Waals surface area (Å²) in [6.07, 6.45) is 10.6. The molecule has 18 atom stereocenters. The van der Waals surface area contributed by atoms with Crippen molar-refractivity contribution in [3.63, 3.8) is 0 Å². The van der Waals surface area contributed by atoms with Crippen LogP contribution in [0, 0.1) is 41.4 Å². The number of aliphatic hydroxyl groups excluding tert-OH is 2. The molecule has 0 fully saturated rings. The number of anilines is 1. The van der Waals surface area contributed by atoms with Crippen LogP contribution >= 0.6 is 0 Å². The molecule has 1 unspecified atom stereocenters. The van der Waals surface area contributed by atoms with Crippen LogP contribution in [0.4, 0.5) is 18.9 Å². The van der Waals surface area contributed by atoms with Crippen LogP contribution in [-0.2, 0) is 103 Å². The Kier molecular flexibility index (Phi) is 50.4. The van der Waals surface area contributed by atoms with Crippen molar-refractivity contribution in [1.82, 2.24) is 31.1 Å². The lowest BCUT2D eigenvalue weighted by molar-refractivity contribution is -0.167. The van der Waals surface area contributed by atoms with Gasteiger partial charge in [-0.3, -0.25) is 48.2 Å². The number of ether oxygens (including phenoxy) is 10. The Morgan fingerprint density at radius 1 is 0.688 bits per heavy atom. The number of carbonyl (C=O) groups excluding carboxylic acids is 9. The van der Waals surface area contributed by atoms with Gasteiger partial charge in [-0.25, -0.2) is 4.79 Å². The van der Waals surface area contributed by atoms with E-state index in [0.29, 0.717) is 90.6 Å². The van der Waals surface area contributed by atoms with E-state index in [4.69, 9.17) is 52.2 Å². The average molecular weight is 1980 g/mol. The molecule has 5 aromatic carbocycles. The van der Waals surface area contributed by atoms with Gasteiger partial charge in [-0.2, -0.15) is 13.2 Å². The molecule has 0 aromatic heterocycles. The maximum atomic E-state index is 13.9. The number of allylic oxidation sites excluding steroid dienone is 3. The Balaban J connectivity index is 0.865. The van der Waals surface area contributed by atoms with E-state index >= 15 is 0 Å². The van der Waals surface area contributed by atoms with Crippen molar-refractivity contribution in [2.24, 2.45) is 56.8 Å². The summed E-state index contributed by atoms with van der Waals surface area (Å²) >= 11 is 0. The standard InChI is InChI=1S/C106H155F3N10O22/c1-67-35-36-68(2)89(133-18)51-37-69(3)99(126)73(7)91(141-104(130)88(65-131-16)119(14)15)31-20-19-21-34-95(124)139-90(32-25-29-83(64-67)132-17)72(6)98(125)70(4)38-52-92(140-103(129)75(9)118(12)13)74(8)100(138-77(11)121)71(5)53-57-113-137-66-94(123)111-54-23-22-30-87(115-101(127)81-41-46-82(47-42-81)105(116-117-105)106(107,108)109)102(128)112-56-27-59-135-61-63-136-62-60-134-58-26-55-110-93(122)33-24-28-78-39-40-79-44-49-85-86(114-76(10)120)50-45-80-43-48-84(78)96(79)97(80)85/h19-21,25,29,34,36,39-50,57,67,69-75,83,87-92,98-100,125-126H,22-24,26-28,30-33,35,37-38,51-56,58-66H2,1-18H3,(H,110,122)(H,111,123)(H,112,128)(H,114,120)(H,115,127)/b20-19+,29-25+,34-21+,68-36+,113-57+/t67-,69-,70+,71-,72-,73-,74+,75+,83+,87+,88+,89+,90+,91?,92-,98+,99-,100-/m1/s1. The van der Waals surface area contributed by atoms with Gasteiger partial charge in [-0.15, -0.1) is 10.2 Å². The molecule has 782 valence electrons. The van der Waals surface area contributed by atoms with Crippen LogP contribution < -0.4 is 26.6 Å². The Bertz CT molecular complexity index is 4930. The average Bonchev–Trinajstić information content (AvgIpc) is 1.16. The molecule has 0 aliphatic carbocycles. The predicted molar refractivity (Wildman–Crippen MR) is 535 cm³/mol. The normalized spacial score (nSPS) is 21.8. The van der Waals surface area contributed by atoms with Gasteiger partial charge in [0.1, 0.15) is 42.5 Å². The number of cyclic esters (lactones) is 1. The van der Waals surface area contributed by atoms with Gasteiger partial charge < -0.3 is 89.0 Å². The van der Waals surface area contributed by atoms with Crippen LogP contribution in [0.15, 0.2) is 136 Å². The molecule has 2 aliphatic heterocycles. The lowest BCUT2D eigenvalue weighted by atomic mass is 9.82. The lowest BCUT2D eigenvalue weighted by Gasteiger charge is -2.35. The summed E-state index contributed by atoms with van der Waals surface area (Å²) < 4.78 is 100. The zero-order valence-corrected chi connectivity index (χ0v) is 85.7. The minimum Gasteiger partial charge on any atom is -0.462 e. The summed E-state index contributed by atoms with van der Waals surface area (Å²) in [4.78, 5) is 128. The summed E-state index contributed by atoms with van der Waals surface area (Å²) in [5.74, 6) is -6.94.